The molecular weight excluding hydrogens is 344 g/mol. The average Bonchev–Trinajstić information content (AvgIpc) is 3.31. The van der Waals surface area contributed by atoms with E-state index in [2.05, 4.69) is 27.9 Å². The first-order valence-electron chi connectivity index (χ1n) is 9.26. The van der Waals surface area contributed by atoms with Gasteiger partial charge in [-0.1, -0.05) is 0 Å². The molecule has 0 radical (unpaired) electrons. The van der Waals surface area contributed by atoms with Crippen LogP contribution >= 0.6 is 11.3 Å². The second-order valence-corrected chi connectivity index (χ2v) is 8.26. The summed E-state index contributed by atoms with van der Waals surface area (Å²) in [6.07, 6.45) is 8.12. The van der Waals surface area contributed by atoms with Crippen LogP contribution in [0.25, 0.3) is 21.7 Å². The number of hydrogen-bond acceptors (Lipinski definition) is 5. The van der Waals surface area contributed by atoms with Crippen LogP contribution in [0, 0.1) is 11.8 Å². The molecule has 1 atom stereocenters. The highest BCUT2D eigenvalue weighted by molar-refractivity contribution is 7.13. The summed E-state index contributed by atoms with van der Waals surface area (Å²) in [6.45, 7) is 2.08. The zero-order valence-electron chi connectivity index (χ0n) is 14.9. The average molecular weight is 369 g/mol. The Hall–Kier alpha value is -2.05. The monoisotopic (exact) mass is 368 g/mol. The lowest BCUT2D eigenvalue weighted by Gasteiger charge is -2.30. The van der Waals surface area contributed by atoms with Crippen LogP contribution in [0.15, 0.2) is 29.9 Å². The molecule has 3 N–H and O–H groups in total. The van der Waals surface area contributed by atoms with E-state index in [0.29, 0.717) is 18.1 Å². The summed E-state index contributed by atoms with van der Waals surface area (Å²) in [5.41, 5.74) is 8.85. The quantitative estimate of drug-likeness (QED) is 0.714. The highest BCUT2D eigenvalue weighted by Crippen LogP contribution is 2.32. The molecule has 1 aliphatic carbocycles. The predicted octanol–water partition coefficient (Wildman–Crippen LogP) is 3.95. The minimum absolute atomic E-state index is 0.172. The summed E-state index contributed by atoms with van der Waals surface area (Å²) in [5.74, 6) is 1.08. The highest BCUT2D eigenvalue weighted by Gasteiger charge is 2.28. The van der Waals surface area contributed by atoms with E-state index in [4.69, 9.17) is 5.73 Å². The molecule has 0 saturated heterocycles. The largest absolute Gasteiger partial charge is 0.337 e. The van der Waals surface area contributed by atoms with Crippen molar-refractivity contribution in [2.24, 2.45) is 17.6 Å². The van der Waals surface area contributed by atoms with E-state index in [0.717, 1.165) is 53.0 Å². The molecule has 3 heterocycles. The number of fused-ring (bicyclic) bond motifs is 1. The smallest absolute Gasteiger partial charge is 0.140 e. The standard InChI is InChI=1S/C20H24N4OS/c1-12(21)13-2-4-14(5-3-13)18(25)10-15-6-7-22-19-16(15)11-17(24-19)20-23-8-9-26-20/h6-9,11-14H,2-5,10,21H2,1H3,(H,22,24)/t12-,13?,14?/m0/s1. The van der Waals surface area contributed by atoms with Gasteiger partial charge in [0.2, 0.25) is 0 Å². The van der Waals surface area contributed by atoms with Crippen molar-refractivity contribution in [3.8, 4) is 10.7 Å². The van der Waals surface area contributed by atoms with Crippen LogP contribution in [0.1, 0.15) is 38.2 Å². The number of rotatable bonds is 5. The van der Waals surface area contributed by atoms with E-state index in [1.165, 1.54) is 0 Å². The summed E-state index contributed by atoms with van der Waals surface area (Å²) in [5, 5.41) is 3.92. The zero-order valence-corrected chi connectivity index (χ0v) is 15.8. The Balaban J connectivity index is 1.51. The van der Waals surface area contributed by atoms with Crippen molar-refractivity contribution in [2.45, 2.75) is 45.1 Å². The maximum Gasteiger partial charge on any atom is 0.140 e. The lowest BCUT2D eigenvalue weighted by molar-refractivity contribution is -0.123. The Morgan fingerprint density at radius 3 is 2.81 bits per heavy atom. The van der Waals surface area contributed by atoms with Crippen LogP contribution in [0.5, 0.6) is 0 Å². The molecule has 1 saturated carbocycles. The Kier molecular flexibility index (Phi) is 4.87. The van der Waals surface area contributed by atoms with E-state index in [1.807, 2.05) is 11.4 Å². The second-order valence-electron chi connectivity index (χ2n) is 7.37. The van der Waals surface area contributed by atoms with E-state index < -0.39 is 0 Å². The van der Waals surface area contributed by atoms with Gasteiger partial charge in [0.15, 0.2) is 0 Å². The first kappa shape index (κ1) is 17.4. The number of carbonyl (C=O) groups excluding carboxylic acids is 1. The Morgan fingerprint density at radius 1 is 1.31 bits per heavy atom. The van der Waals surface area contributed by atoms with Crippen LogP contribution in [0.2, 0.25) is 0 Å². The summed E-state index contributed by atoms with van der Waals surface area (Å²) < 4.78 is 0. The number of nitrogens with zero attached hydrogens (tertiary/aromatic N) is 2. The summed E-state index contributed by atoms with van der Waals surface area (Å²) in [4.78, 5) is 24.9. The normalized spacial score (nSPS) is 21.8. The molecule has 1 aliphatic rings. The van der Waals surface area contributed by atoms with Crippen LogP contribution in [-0.4, -0.2) is 26.8 Å². The number of pyridine rings is 1. The van der Waals surface area contributed by atoms with Crippen molar-refractivity contribution in [3.63, 3.8) is 0 Å². The molecule has 3 aromatic rings. The van der Waals surface area contributed by atoms with Gasteiger partial charge in [0.05, 0.1) is 5.69 Å². The van der Waals surface area contributed by atoms with Crippen LogP contribution in [0.3, 0.4) is 0 Å². The minimum Gasteiger partial charge on any atom is -0.337 e. The first-order valence-corrected chi connectivity index (χ1v) is 10.1. The van der Waals surface area contributed by atoms with Crippen LogP contribution in [0.4, 0.5) is 0 Å². The van der Waals surface area contributed by atoms with E-state index >= 15 is 0 Å². The molecule has 1 fully saturated rings. The van der Waals surface area contributed by atoms with Gasteiger partial charge >= 0.3 is 0 Å². The summed E-state index contributed by atoms with van der Waals surface area (Å²) in [6, 6.07) is 4.26. The van der Waals surface area contributed by atoms with Crippen molar-refractivity contribution in [2.75, 3.05) is 0 Å². The van der Waals surface area contributed by atoms with Crippen LogP contribution < -0.4 is 5.73 Å². The van der Waals surface area contributed by atoms with E-state index in [1.54, 1.807) is 23.7 Å². The van der Waals surface area contributed by atoms with Gasteiger partial charge in [-0.25, -0.2) is 9.97 Å². The molecule has 0 amide bonds. The lowest BCUT2D eigenvalue weighted by atomic mass is 9.76. The van der Waals surface area contributed by atoms with Gasteiger partial charge in [0.25, 0.3) is 0 Å². The number of Topliss-reactive ketones (excluding diaryl/α,β-unsaturated/α-hetero) is 1. The molecule has 0 aromatic carbocycles. The SMILES string of the molecule is C[C@H](N)C1CCC(C(=O)Cc2ccnc3[nH]c(-c4nccs4)cc23)CC1. The van der Waals surface area contributed by atoms with Crippen LogP contribution in [-0.2, 0) is 11.2 Å². The number of thiazole rings is 1. The number of nitrogens with two attached hydrogens (primary N) is 1. The summed E-state index contributed by atoms with van der Waals surface area (Å²) >= 11 is 1.59. The number of carbonyl (C=O) groups is 1. The van der Waals surface area contributed by atoms with Gasteiger partial charge in [-0.05, 0) is 56.2 Å². The fourth-order valence-electron chi connectivity index (χ4n) is 4.01. The fourth-order valence-corrected chi connectivity index (χ4v) is 4.62. The van der Waals surface area contributed by atoms with Gasteiger partial charge in [-0.2, -0.15) is 0 Å². The maximum absolute atomic E-state index is 12.9. The highest BCUT2D eigenvalue weighted by atomic mass is 32.1. The number of H-pyrrole nitrogens is 1. The van der Waals surface area contributed by atoms with E-state index in [-0.39, 0.29) is 12.0 Å². The van der Waals surface area contributed by atoms with Gasteiger partial charge in [0, 0.05) is 41.5 Å². The minimum atomic E-state index is 0.172. The predicted molar refractivity (Wildman–Crippen MR) is 105 cm³/mol. The maximum atomic E-state index is 12.9. The molecule has 5 nitrogen and oxygen atoms in total. The van der Waals surface area contributed by atoms with Gasteiger partial charge in [0.1, 0.15) is 16.4 Å². The van der Waals surface area contributed by atoms with Gasteiger partial charge < -0.3 is 10.7 Å². The van der Waals surface area contributed by atoms with Crippen molar-refractivity contribution in [3.05, 3.63) is 35.5 Å². The molecule has 0 spiro atoms. The van der Waals surface area contributed by atoms with E-state index in [9.17, 15) is 4.79 Å². The Morgan fingerprint density at radius 2 is 2.12 bits per heavy atom. The number of ketones is 1. The zero-order chi connectivity index (χ0) is 18.1. The van der Waals surface area contributed by atoms with Crippen molar-refractivity contribution in [1.82, 2.24) is 15.0 Å². The van der Waals surface area contributed by atoms with Gasteiger partial charge in [-0.15, -0.1) is 11.3 Å². The molecule has 0 bridgehead atoms. The first-order chi connectivity index (χ1) is 12.6. The topological polar surface area (TPSA) is 84.7 Å². The third-order valence-electron chi connectivity index (χ3n) is 5.62. The van der Waals surface area contributed by atoms with Gasteiger partial charge in [-0.3, -0.25) is 4.79 Å². The lowest BCUT2D eigenvalue weighted by Crippen LogP contribution is -2.32. The molecule has 3 aromatic heterocycles. The molecule has 0 unspecified atom stereocenters. The van der Waals surface area contributed by atoms with Crippen molar-refractivity contribution in [1.29, 1.82) is 0 Å². The molecule has 4 rings (SSSR count). The number of hydrogen-bond donors (Lipinski definition) is 2. The second kappa shape index (κ2) is 7.29. The molecular formula is C20H24N4OS. The van der Waals surface area contributed by atoms with Crippen molar-refractivity contribution >= 4 is 28.2 Å². The Labute approximate surface area is 157 Å². The third kappa shape index (κ3) is 3.44. The molecule has 26 heavy (non-hydrogen) atoms. The third-order valence-corrected chi connectivity index (χ3v) is 6.43. The molecule has 6 heteroatoms. The number of aromatic amines is 1. The molecule has 0 aliphatic heterocycles. The van der Waals surface area contributed by atoms with Crippen molar-refractivity contribution < 1.29 is 4.79 Å². The Bertz CT molecular complexity index is 892. The number of nitrogens with one attached hydrogen (secondary N) is 1. The molecule has 136 valence electrons. The summed E-state index contributed by atoms with van der Waals surface area (Å²) in [7, 11) is 0. The number of aromatic nitrogens is 3. The fraction of sp³-hybridized carbons (Fsp3) is 0.450.